The normalized spacial score (nSPS) is 16.2. The predicted molar refractivity (Wildman–Crippen MR) is 89.3 cm³/mol. The van der Waals surface area contributed by atoms with Crippen LogP contribution in [-0.2, 0) is 19.6 Å². The van der Waals surface area contributed by atoms with Crippen LogP contribution >= 0.6 is 0 Å². The summed E-state index contributed by atoms with van der Waals surface area (Å²) in [5.74, 6) is -1.47. The molecule has 0 spiro atoms. The standard InChI is InChI=1S/C16H22FN3O4S/c1-2-20(25(23,24)14-5-3-13(17)4-6-14)11-15(21)19-9-7-12(8-10-19)16(18)22/h3-6,12H,2,7-11H2,1H3,(H2,18,22). The summed E-state index contributed by atoms with van der Waals surface area (Å²) in [6.45, 7) is 2.20. The molecule has 0 radical (unpaired) electrons. The van der Waals surface area contributed by atoms with Crippen LogP contribution in [0.25, 0.3) is 0 Å². The number of hydrogen-bond acceptors (Lipinski definition) is 4. The zero-order chi connectivity index (χ0) is 18.6. The molecule has 0 bridgehead atoms. The van der Waals surface area contributed by atoms with E-state index in [9.17, 15) is 22.4 Å². The van der Waals surface area contributed by atoms with E-state index >= 15 is 0 Å². The molecule has 0 aliphatic carbocycles. The first-order chi connectivity index (χ1) is 11.8. The number of halogens is 1. The van der Waals surface area contributed by atoms with E-state index in [4.69, 9.17) is 5.73 Å². The van der Waals surface area contributed by atoms with Crippen molar-refractivity contribution in [1.82, 2.24) is 9.21 Å². The first-order valence-electron chi connectivity index (χ1n) is 8.08. The third kappa shape index (κ3) is 4.55. The third-order valence-corrected chi connectivity index (χ3v) is 6.30. The summed E-state index contributed by atoms with van der Waals surface area (Å²) < 4.78 is 39.3. The molecule has 7 nitrogen and oxygen atoms in total. The molecule has 0 aromatic heterocycles. The third-order valence-electron chi connectivity index (χ3n) is 4.37. The number of nitrogens with two attached hydrogens (primary N) is 1. The average molecular weight is 371 g/mol. The second-order valence-corrected chi connectivity index (χ2v) is 7.88. The number of carbonyl (C=O) groups excluding carboxylic acids is 2. The summed E-state index contributed by atoms with van der Waals surface area (Å²) in [5.41, 5.74) is 5.27. The maximum absolute atomic E-state index is 13.0. The molecule has 0 atom stereocenters. The number of primary amides is 1. The van der Waals surface area contributed by atoms with E-state index in [1.54, 1.807) is 11.8 Å². The van der Waals surface area contributed by atoms with Gasteiger partial charge in [0, 0.05) is 25.6 Å². The number of benzene rings is 1. The lowest BCUT2D eigenvalue weighted by Gasteiger charge is -2.32. The van der Waals surface area contributed by atoms with Crippen LogP contribution in [0.15, 0.2) is 29.2 Å². The fraction of sp³-hybridized carbons (Fsp3) is 0.500. The van der Waals surface area contributed by atoms with Crippen LogP contribution in [0.2, 0.25) is 0 Å². The Hall–Kier alpha value is -2.00. The molecule has 1 aromatic carbocycles. The zero-order valence-electron chi connectivity index (χ0n) is 14.0. The lowest BCUT2D eigenvalue weighted by atomic mass is 9.96. The largest absolute Gasteiger partial charge is 0.369 e. The molecule has 25 heavy (non-hydrogen) atoms. The number of likely N-dealkylation sites (tertiary alicyclic amines) is 1. The maximum Gasteiger partial charge on any atom is 0.243 e. The van der Waals surface area contributed by atoms with Crippen LogP contribution in [0.5, 0.6) is 0 Å². The molecule has 1 fully saturated rings. The van der Waals surface area contributed by atoms with Crippen molar-refractivity contribution in [2.45, 2.75) is 24.7 Å². The highest BCUT2D eigenvalue weighted by molar-refractivity contribution is 7.89. The van der Waals surface area contributed by atoms with E-state index < -0.39 is 15.8 Å². The van der Waals surface area contributed by atoms with Crippen LogP contribution < -0.4 is 5.73 Å². The molecule has 1 aliphatic rings. The number of rotatable bonds is 6. The van der Waals surface area contributed by atoms with Crippen molar-refractivity contribution < 1.29 is 22.4 Å². The summed E-state index contributed by atoms with van der Waals surface area (Å²) >= 11 is 0. The fourth-order valence-electron chi connectivity index (χ4n) is 2.79. The van der Waals surface area contributed by atoms with Gasteiger partial charge in [-0.3, -0.25) is 9.59 Å². The van der Waals surface area contributed by atoms with Gasteiger partial charge in [-0.2, -0.15) is 4.31 Å². The lowest BCUT2D eigenvalue weighted by Crippen LogP contribution is -2.47. The van der Waals surface area contributed by atoms with Gasteiger partial charge in [0.1, 0.15) is 5.82 Å². The van der Waals surface area contributed by atoms with Gasteiger partial charge in [-0.25, -0.2) is 12.8 Å². The molecule has 138 valence electrons. The van der Waals surface area contributed by atoms with Gasteiger partial charge in [0.05, 0.1) is 11.4 Å². The Morgan fingerprint density at radius 3 is 2.28 bits per heavy atom. The summed E-state index contributed by atoms with van der Waals surface area (Å²) in [4.78, 5) is 25.1. The van der Waals surface area contributed by atoms with Crippen LogP contribution in [0, 0.1) is 11.7 Å². The Labute approximate surface area is 146 Å². The number of sulfonamides is 1. The minimum Gasteiger partial charge on any atom is -0.369 e. The van der Waals surface area contributed by atoms with E-state index in [-0.39, 0.29) is 35.7 Å². The van der Waals surface area contributed by atoms with Crippen LogP contribution in [0.4, 0.5) is 4.39 Å². The first kappa shape index (κ1) is 19.3. The quantitative estimate of drug-likeness (QED) is 0.789. The van der Waals surface area contributed by atoms with Crippen LogP contribution in [-0.4, -0.2) is 55.6 Å². The van der Waals surface area contributed by atoms with E-state index in [0.717, 1.165) is 16.4 Å². The van der Waals surface area contributed by atoms with Gasteiger partial charge in [-0.15, -0.1) is 0 Å². The van der Waals surface area contributed by atoms with Gasteiger partial charge < -0.3 is 10.6 Å². The van der Waals surface area contributed by atoms with Gasteiger partial charge in [0.15, 0.2) is 0 Å². The molecule has 9 heteroatoms. The average Bonchev–Trinajstić information content (AvgIpc) is 2.59. The predicted octanol–water partition coefficient (Wildman–Crippen LogP) is 0.560. The Balaban J connectivity index is 2.05. The van der Waals surface area contributed by atoms with Crippen molar-refractivity contribution >= 4 is 21.8 Å². The SMILES string of the molecule is CCN(CC(=O)N1CCC(C(N)=O)CC1)S(=O)(=O)c1ccc(F)cc1. The molecule has 1 heterocycles. The number of carbonyl (C=O) groups is 2. The lowest BCUT2D eigenvalue weighted by molar-refractivity contribution is -0.135. The second-order valence-electron chi connectivity index (χ2n) is 5.94. The Bertz CT molecular complexity index is 728. The molecular formula is C16H22FN3O4S. The number of hydrogen-bond donors (Lipinski definition) is 1. The molecule has 1 aromatic rings. The van der Waals surface area contributed by atoms with Crippen molar-refractivity contribution in [2.24, 2.45) is 11.7 Å². The van der Waals surface area contributed by atoms with E-state index in [1.807, 2.05) is 0 Å². The highest BCUT2D eigenvalue weighted by Gasteiger charge is 2.30. The monoisotopic (exact) mass is 371 g/mol. The van der Waals surface area contributed by atoms with Crippen LogP contribution in [0.1, 0.15) is 19.8 Å². The summed E-state index contributed by atoms with van der Waals surface area (Å²) in [6, 6.07) is 4.49. The first-order valence-corrected chi connectivity index (χ1v) is 9.52. The number of piperidine rings is 1. The van der Waals surface area contributed by atoms with Gasteiger partial charge >= 0.3 is 0 Å². The summed E-state index contributed by atoms with van der Waals surface area (Å²) in [7, 11) is -3.88. The van der Waals surface area contributed by atoms with Gasteiger partial charge in [-0.1, -0.05) is 6.92 Å². The Morgan fingerprint density at radius 2 is 1.80 bits per heavy atom. The molecule has 2 amide bonds. The summed E-state index contributed by atoms with van der Waals surface area (Å²) in [5, 5.41) is 0. The molecule has 2 rings (SSSR count). The topological polar surface area (TPSA) is 101 Å². The van der Waals surface area contributed by atoms with Crippen molar-refractivity contribution in [1.29, 1.82) is 0 Å². The Morgan fingerprint density at radius 1 is 1.24 bits per heavy atom. The maximum atomic E-state index is 13.0. The van der Waals surface area contributed by atoms with Gasteiger partial charge in [-0.05, 0) is 37.1 Å². The van der Waals surface area contributed by atoms with Crippen molar-refractivity contribution in [2.75, 3.05) is 26.2 Å². The van der Waals surface area contributed by atoms with Crippen molar-refractivity contribution in [3.63, 3.8) is 0 Å². The summed E-state index contributed by atoms with van der Waals surface area (Å²) in [6.07, 6.45) is 0.968. The number of likely N-dealkylation sites (N-methyl/N-ethyl adjacent to an activating group) is 1. The number of nitrogens with zero attached hydrogens (tertiary/aromatic N) is 2. The molecule has 1 aliphatic heterocycles. The van der Waals surface area contributed by atoms with Crippen molar-refractivity contribution in [3.05, 3.63) is 30.1 Å². The molecular weight excluding hydrogens is 349 g/mol. The fourth-order valence-corrected chi connectivity index (χ4v) is 4.19. The van der Waals surface area contributed by atoms with Gasteiger partial charge in [0.25, 0.3) is 0 Å². The molecule has 1 saturated heterocycles. The zero-order valence-corrected chi connectivity index (χ0v) is 14.8. The molecule has 0 saturated carbocycles. The van der Waals surface area contributed by atoms with E-state index in [0.29, 0.717) is 25.9 Å². The van der Waals surface area contributed by atoms with Crippen molar-refractivity contribution in [3.8, 4) is 0 Å². The highest BCUT2D eigenvalue weighted by atomic mass is 32.2. The molecule has 0 unspecified atom stereocenters. The van der Waals surface area contributed by atoms with E-state index in [1.165, 1.54) is 12.1 Å². The van der Waals surface area contributed by atoms with Gasteiger partial charge in [0.2, 0.25) is 21.8 Å². The van der Waals surface area contributed by atoms with E-state index in [2.05, 4.69) is 0 Å². The molecule has 2 N–H and O–H groups in total. The van der Waals surface area contributed by atoms with Crippen LogP contribution in [0.3, 0.4) is 0 Å². The highest BCUT2D eigenvalue weighted by Crippen LogP contribution is 2.19. The smallest absolute Gasteiger partial charge is 0.243 e. The Kier molecular flexibility index (Phi) is 6.12. The second kappa shape index (κ2) is 7.92. The minimum absolute atomic E-state index is 0.0593. The minimum atomic E-state index is -3.88. The number of amides is 2.